The van der Waals surface area contributed by atoms with Gasteiger partial charge in [-0.15, -0.1) is 0 Å². The zero-order valence-corrected chi connectivity index (χ0v) is 11.8. The minimum Gasteiger partial charge on any atom is -0.508 e. The topological polar surface area (TPSA) is 41.5 Å². The molecule has 1 aromatic rings. The van der Waals surface area contributed by atoms with E-state index in [2.05, 4.69) is 12.2 Å². The second kappa shape index (κ2) is 6.34. The van der Waals surface area contributed by atoms with E-state index < -0.39 is 0 Å². The molecule has 2 atom stereocenters. The first-order valence-corrected chi connectivity index (χ1v) is 7.54. The zero-order valence-electron chi connectivity index (χ0n) is 11.0. The molecule has 1 heterocycles. The van der Waals surface area contributed by atoms with Gasteiger partial charge in [0.25, 0.3) is 0 Å². The lowest BCUT2D eigenvalue weighted by atomic mass is 10.0. The molecular formula is C14H21NO2S. The number of benzene rings is 1. The Morgan fingerprint density at radius 3 is 3.06 bits per heavy atom. The number of thioether (sulfide) groups is 1. The van der Waals surface area contributed by atoms with E-state index in [4.69, 9.17) is 4.74 Å². The maximum atomic E-state index is 9.89. The van der Waals surface area contributed by atoms with Crippen LogP contribution in [0.3, 0.4) is 0 Å². The van der Waals surface area contributed by atoms with E-state index in [0.717, 1.165) is 23.8 Å². The van der Waals surface area contributed by atoms with Crippen molar-refractivity contribution in [1.82, 2.24) is 5.32 Å². The van der Waals surface area contributed by atoms with Gasteiger partial charge in [0, 0.05) is 11.6 Å². The van der Waals surface area contributed by atoms with Crippen LogP contribution in [0.1, 0.15) is 24.9 Å². The number of methoxy groups -OCH3 is 1. The highest BCUT2D eigenvalue weighted by molar-refractivity contribution is 7.99. The van der Waals surface area contributed by atoms with Gasteiger partial charge in [0.15, 0.2) is 0 Å². The Labute approximate surface area is 113 Å². The maximum Gasteiger partial charge on any atom is 0.120 e. The quantitative estimate of drug-likeness (QED) is 0.861. The van der Waals surface area contributed by atoms with Gasteiger partial charge in [0.05, 0.1) is 7.11 Å². The highest BCUT2D eigenvalue weighted by Gasteiger charge is 2.17. The van der Waals surface area contributed by atoms with Crippen molar-refractivity contribution in [2.45, 2.75) is 19.4 Å². The van der Waals surface area contributed by atoms with Crippen LogP contribution in [-0.4, -0.2) is 30.3 Å². The van der Waals surface area contributed by atoms with Crippen molar-refractivity contribution < 1.29 is 9.84 Å². The van der Waals surface area contributed by atoms with Crippen LogP contribution in [0.4, 0.5) is 0 Å². The van der Waals surface area contributed by atoms with Crippen molar-refractivity contribution in [2.24, 2.45) is 5.92 Å². The number of nitrogens with one attached hydrogen (secondary N) is 1. The normalized spacial score (nSPS) is 20.9. The molecule has 0 bridgehead atoms. The van der Waals surface area contributed by atoms with E-state index in [1.54, 1.807) is 19.2 Å². The van der Waals surface area contributed by atoms with E-state index in [1.807, 2.05) is 17.8 Å². The highest BCUT2D eigenvalue weighted by Crippen LogP contribution is 2.29. The average Bonchev–Trinajstić information content (AvgIpc) is 2.89. The molecule has 1 fully saturated rings. The summed E-state index contributed by atoms with van der Waals surface area (Å²) < 4.78 is 5.20. The number of hydrogen-bond acceptors (Lipinski definition) is 4. The second-order valence-corrected chi connectivity index (χ2v) is 5.93. The Balaban J connectivity index is 1.96. The fraction of sp³-hybridized carbons (Fsp3) is 0.571. The molecular weight excluding hydrogens is 246 g/mol. The lowest BCUT2D eigenvalue weighted by molar-refractivity contribution is 0.405. The Bertz CT molecular complexity index is 391. The summed E-state index contributed by atoms with van der Waals surface area (Å²) in [5, 5.41) is 13.4. The van der Waals surface area contributed by atoms with Gasteiger partial charge < -0.3 is 15.2 Å². The number of hydrogen-bond donors (Lipinski definition) is 2. The molecule has 1 saturated heterocycles. The van der Waals surface area contributed by atoms with Crippen LogP contribution in [0.2, 0.25) is 0 Å². The summed E-state index contributed by atoms with van der Waals surface area (Å²) in [5.41, 5.74) is 0.903. The van der Waals surface area contributed by atoms with E-state index in [0.29, 0.717) is 5.75 Å². The molecule has 100 valence electrons. The van der Waals surface area contributed by atoms with Gasteiger partial charge in [-0.05, 0) is 55.5 Å². The first kappa shape index (κ1) is 13.6. The van der Waals surface area contributed by atoms with Crippen molar-refractivity contribution in [1.29, 1.82) is 0 Å². The molecule has 0 radical (unpaired) electrons. The van der Waals surface area contributed by atoms with Gasteiger partial charge in [-0.25, -0.2) is 0 Å². The summed E-state index contributed by atoms with van der Waals surface area (Å²) in [4.78, 5) is 0. The average molecular weight is 267 g/mol. The third-order valence-electron chi connectivity index (χ3n) is 3.44. The van der Waals surface area contributed by atoms with Crippen LogP contribution in [0.5, 0.6) is 11.5 Å². The fourth-order valence-corrected chi connectivity index (χ4v) is 3.49. The predicted octanol–water partition coefficient (Wildman–Crippen LogP) is 2.80. The minimum atomic E-state index is 0.144. The van der Waals surface area contributed by atoms with E-state index >= 15 is 0 Å². The van der Waals surface area contributed by atoms with Crippen molar-refractivity contribution in [3.05, 3.63) is 23.8 Å². The largest absolute Gasteiger partial charge is 0.508 e. The molecule has 0 saturated carbocycles. The summed E-state index contributed by atoms with van der Waals surface area (Å²) in [6, 6.07) is 5.51. The summed E-state index contributed by atoms with van der Waals surface area (Å²) in [7, 11) is 1.64. The number of phenolic OH excluding ortho intramolecular Hbond substituents is 1. The van der Waals surface area contributed by atoms with Crippen LogP contribution >= 0.6 is 11.8 Å². The molecule has 1 aliphatic heterocycles. The molecule has 0 spiro atoms. The summed E-state index contributed by atoms with van der Waals surface area (Å²) in [6.45, 7) is 3.10. The van der Waals surface area contributed by atoms with Crippen LogP contribution in [0.25, 0.3) is 0 Å². The van der Waals surface area contributed by atoms with E-state index in [1.165, 1.54) is 17.9 Å². The van der Waals surface area contributed by atoms with Crippen LogP contribution in [0, 0.1) is 5.92 Å². The SMILES string of the molecule is COc1ccc(O)c(C(C)NCC2CCSC2)c1. The van der Waals surface area contributed by atoms with Gasteiger partial charge in [-0.1, -0.05) is 0 Å². The monoisotopic (exact) mass is 267 g/mol. The molecule has 3 nitrogen and oxygen atoms in total. The number of ether oxygens (including phenoxy) is 1. The molecule has 2 rings (SSSR count). The van der Waals surface area contributed by atoms with Gasteiger partial charge in [-0.2, -0.15) is 11.8 Å². The molecule has 18 heavy (non-hydrogen) atoms. The molecule has 2 unspecified atom stereocenters. The third-order valence-corrected chi connectivity index (χ3v) is 4.67. The standard InChI is InChI=1S/C14H21NO2S/c1-10(15-8-11-5-6-18-9-11)13-7-12(17-2)3-4-14(13)16/h3-4,7,10-11,15-16H,5-6,8-9H2,1-2H3. The number of phenols is 1. The van der Waals surface area contributed by atoms with E-state index in [9.17, 15) is 5.11 Å². The predicted molar refractivity (Wildman–Crippen MR) is 76.5 cm³/mol. The zero-order chi connectivity index (χ0) is 13.0. The fourth-order valence-electron chi connectivity index (χ4n) is 2.20. The van der Waals surface area contributed by atoms with Crippen LogP contribution in [-0.2, 0) is 0 Å². The summed E-state index contributed by atoms with van der Waals surface area (Å²) >= 11 is 2.03. The van der Waals surface area contributed by atoms with Gasteiger partial charge in [0.1, 0.15) is 11.5 Å². The molecule has 0 aromatic heterocycles. The Morgan fingerprint density at radius 1 is 1.56 bits per heavy atom. The first-order chi connectivity index (χ1) is 8.70. The molecule has 1 aliphatic rings. The lowest BCUT2D eigenvalue weighted by Crippen LogP contribution is -2.25. The minimum absolute atomic E-state index is 0.144. The maximum absolute atomic E-state index is 9.89. The first-order valence-electron chi connectivity index (χ1n) is 6.38. The van der Waals surface area contributed by atoms with Crippen molar-refractivity contribution in [3.63, 3.8) is 0 Å². The van der Waals surface area contributed by atoms with Crippen LogP contribution in [0.15, 0.2) is 18.2 Å². The smallest absolute Gasteiger partial charge is 0.120 e. The van der Waals surface area contributed by atoms with E-state index in [-0.39, 0.29) is 6.04 Å². The third kappa shape index (κ3) is 3.33. The van der Waals surface area contributed by atoms with Crippen molar-refractivity contribution in [2.75, 3.05) is 25.2 Å². The van der Waals surface area contributed by atoms with Gasteiger partial charge in [-0.3, -0.25) is 0 Å². The van der Waals surface area contributed by atoms with Crippen molar-refractivity contribution >= 4 is 11.8 Å². The Hall–Kier alpha value is -0.870. The number of rotatable bonds is 5. The second-order valence-electron chi connectivity index (χ2n) is 4.78. The van der Waals surface area contributed by atoms with Gasteiger partial charge >= 0.3 is 0 Å². The highest BCUT2D eigenvalue weighted by atomic mass is 32.2. The van der Waals surface area contributed by atoms with Crippen molar-refractivity contribution in [3.8, 4) is 11.5 Å². The lowest BCUT2D eigenvalue weighted by Gasteiger charge is -2.18. The summed E-state index contributed by atoms with van der Waals surface area (Å²) in [6.07, 6.45) is 1.30. The number of aromatic hydroxyl groups is 1. The van der Waals surface area contributed by atoms with Gasteiger partial charge in [0.2, 0.25) is 0 Å². The molecule has 1 aromatic carbocycles. The molecule has 4 heteroatoms. The van der Waals surface area contributed by atoms with Crippen LogP contribution < -0.4 is 10.1 Å². The summed E-state index contributed by atoms with van der Waals surface area (Å²) in [5.74, 6) is 4.42. The Kier molecular flexibility index (Phi) is 4.78. The Morgan fingerprint density at radius 2 is 2.39 bits per heavy atom. The molecule has 2 N–H and O–H groups in total. The molecule has 0 aliphatic carbocycles. The molecule has 0 amide bonds.